The topological polar surface area (TPSA) is 58.9 Å². The number of aromatic carboxylic acids is 1. The number of carbonyl (C=O) groups is 1. The van der Waals surface area contributed by atoms with Crippen LogP contribution in [0.3, 0.4) is 0 Å². The van der Waals surface area contributed by atoms with Crippen molar-refractivity contribution < 1.29 is 14.7 Å². The van der Waals surface area contributed by atoms with Gasteiger partial charge in [-0.1, -0.05) is 35.0 Å². The molecule has 0 saturated heterocycles. The van der Waals surface area contributed by atoms with Gasteiger partial charge in [0.05, 0.1) is 6.21 Å². The molecule has 0 aliphatic rings. The number of carboxylic acids is 1. The van der Waals surface area contributed by atoms with E-state index in [4.69, 9.17) is 21.5 Å². The predicted molar refractivity (Wildman–Crippen MR) is 77.8 cm³/mol. The zero-order chi connectivity index (χ0) is 14.5. The lowest BCUT2D eigenvalue weighted by Crippen LogP contribution is -1.99. The van der Waals surface area contributed by atoms with Gasteiger partial charge in [-0.2, -0.15) is 0 Å². The minimum absolute atomic E-state index is 0.0620. The van der Waals surface area contributed by atoms with Crippen molar-refractivity contribution in [3.05, 3.63) is 64.2 Å². The third-order valence-corrected chi connectivity index (χ3v) is 2.75. The molecule has 0 amide bonds. The molecule has 5 heteroatoms. The summed E-state index contributed by atoms with van der Waals surface area (Å²) in [5.41, 5.74) is 1.85. The summed E-state index contributed by atoms with van der Waals surface area (Å²) in [5, 5.41) is 13.4. The van der Waals surface area contributed by atoms with Crippen molar-refractivity contribution in [2.75, 3.05) is 0 Å². The normalized spacial score (nSPS) is 10.7. The molecule has 0 aliphatic heterocycles. The molecule has 0 radical (unpaired) electrons. The van der Waals surface area contributed by atoms with E-state index in [0.29, 0.717) is 5.02 Å². The van der Waals surface area contributed by atoms with E-state index >= 15 is 0 Å². The molecule has 0 spiro atoms. The average Bonchev–Trinajstić information content (AvgIpc) is 2.38. The summed E-state index contributed by atoms with van der Waals surface area (Å²) in [6.45, 7) is 1.92. The molecule has 0 saturated carbocycles. The van der Waals surface area contributed by atoms with E-state index in [1.807, 2.05) is 19.1 Å². The minimum Gasteiger partial charge on any atom is -0.478 e. The van der Waals surface area contributed by atoms with Crippen LogP contribution in [0.25, 0.3) is 0 Å². The van der Waals surface area contributed by atoms with Gasteiger partial charge in [0, 0.05) is 5.02 Å². The summed E-state index contributed by atoms with van der Waals surface area (Å²) in [5.74, 6) is -0.871. The van der Waals surface area contributed by atoms with Crippen LogP contribution in [0.4, 0.5) is 0 Å². The monoisotopic (exact) mass is 289 g/mol. The van der Waals surface area contributed by atoms with E-state index in [0.717, 1.165) is 11.1 Å². The van der Waals surface area contributed by atoms with E-state index in [2.05, 4.69) is 5.16 Å². The Morgan fingerprint density at radius 1 is 1.30 bits per heavy atom. The van der Waals surface area contributed by atoms with E-state index in [-0.39, 0.29) is 11.3 Å². The Bertz CT molecular complexity index is 648. The number of aryl methyl sites for hydroxylation is 1. The first-order valence-corrected chi connectivity index (χ1v) is 6.24. The first-order valence-electron chi connectivity index (χ1n) is 5.86. The van der Waals surface area contributed by atoms with Crippen LogP contribution >= 0.6 is 11.6 Å². The van der Waals surface area contributed by atoms with Gasteiger partial charge in [0.25, 0.3) is 0 Å². The lowest BCUT2D eigenvalue weighted by atomic mass is 10.1. The number of hydrogen-bond donors (Lipinski definition) is 1. The second-order valence-corrected chi connectivity index (χ2v) is 4.63. The largest absolute Gasteiger partial charge is 0.478 e. The zero-order valence-corrected chi connectivity index (χ0v) is 11.5. The highest BCUT2D eigenvalue weighted by atomic mass is 35.5. The van der Waals surface area contributed by atoms with Crippen LogP contribution in [-0.4, -0.2) is 17.3 Å². The van der Waals surface area contributed by atoms with Crippen molar-refractivity contribution in [3.8, 4) is 5.75 Å². The second-order valence-electron chi connectivity index (χ2n) is 4.19. The van der Waals surface area contributed by atoms with Crippen molar-refractivity contribution in [1.29, 1.82) is 0 Å². The van der Waals surface area contributed by atoms with Crippen LogP contribution in [0.15, 0.2) is 47.6 Å². The third-order valence-electron chi connectivity index (χ3n) is 2.53. The van der Waals surface area contributed by atoms with Gasteiger partial charge in [-0.05, 0) is 42.3 Å². The molecule has 0 heterocycles. The lowest BCUT2D eigenvalue weighted by molar-refractivity contribution is 0.0692. The molecule has 0 aromatic heterocycles. The quantitative estimate of drug-likeness (QED) is 0.688. The van der Waals surface area contributed by atoms with Crippen LogP contribution in [0.5, 0.6) is 5.75 Å². The van der Waals surface area contributed by atoms with Gasteiger partial charge >= 0.3 is 5.97 Å². The summed E-state index contributed by atoms with van der Waals surface area (Å²) in [7, 11) is 0. The maximum atomic E-state index is 11.0. The first kappa shape index (κ1) is 14.1. The highest BCUT2D eigenvalue weighted by Crippen LogP contribution is 2.18. The molecule has 4 nitrogen and oxygen atoms in total. The number of rotatable bonds is 4. The third kappa shape index (κ3) is 3.59. The van der Waals surface area contributed by atoms with Gasteiger partial charge in [0.2, 0.25) is 0 Å². The van der Waals surface area contributed by atoms with Crippen molar-refractivity contribution >= 4 is 23.8 Å². The molecule has 2 aromatic carbocycles. The van der Waals surface area contributed by atoms with Crippen molar-refractivity contribution in [1.82, 2.24) is 0 Å². The number of para-hydroxylation sites is 1. The molecule has 102 valence electrons. The lowest BCUT2D eigenvalue weighted by Gasteiger charge is -2.02. The zero-order valence-electron chi connectivity index (χ0n) is 10.7. The highest BCUT2D eigenvalue weighted by Gasteiger charge is 2.09. The van der Waals surface area contributed by atoms with Crippen LogP contribution in [0, 0.1) is 6.92 Å². The average molecular weight is 290 g/mol. The Morgan fingerprint density at radius 3 is 2.75 bits per heavy atom. The van der Waals surface area contributed by atoms with Crippen molar-refractivity contribution in [2.45, 2.75) is 6.92 Å². The number of halogens is 1. The Hall–Kier alpha value is -2.33. The van der Waals surface area contributed by atoms with Crippen LogP contribution in [0.2, 0.25) is 5.02 Å². The predicted octanol–water partition coefficient (Wildman–Crippen LogP) is 3.76. The van der Waals surface area contributed by atoms with Gasteiger partial charge in [0.15, 0.2) is 5.75 Å². The molecule has 0 aliphatic carbocycles. The van der Waals surface area contributed by atoms with Gasteiger partial charge in [-0.3, -0.25) is 0 Å². The fourth-order valence-electron chi connectivity index (χ4n) is 1.71. The van der Waals surface area contributed by atoms with Crippen molar-refractivity contribution in [3.63, 3.8) is 0 Å². The summed E-state index contributed by atoms with van der Waals surface area (Å²) in [6.07, 6.45) is 1.48. The van der Waals surface area contributed by atoms with Gasteiger partial charge in [0.1, 0.15) is 5.56 Å². The van der Waals surface area contributed by atoms with Crippen LogP contribution in [0.1, 0.15) is 21.5 Å². The molecular formula is C15H12ClNO3. The number of benzene rings is 2. The van der Waals surface area contributed by atoms with Gasteiger partial charge < -0.3 is 9.94 Å². The maximum Gasteiger partial charge on any atom is 0.339 e. The molecule has 20 heavy (non-hydrogen) atoms. The van der Waals surface area contributed by atoms with Gasteiger partial charge in [-0.25, -0.2) is 4.79 Å². The van der Waals surface area contributed by atoms with Crippen LogP contribution in [-0.2, 0) is 0 Å². The van der Waals surface area contributed by atoms with E-state index in [1.54, 1.807) is 24.3 Å². The number of hydrogen-bond acceptors (Lipinski definition) is 3. The molecule has 0 bridgehead atoms. The second kappa shape index (κ2) is 6.21. The Labute approximate surface area is 121 Å². The standard InChI is InChI=1S/C15H12ClNO3/c1-10-6-11(8-12(16)7-10)9-17-20-14-5-3-2-4-13(14)15(18)19/h2-9H,1H3,(H,18,19)/b17-9-. The summed E-state index contributed by atoms with van der Waals surface area (Å²) >= 11 is 5.93. The summed E-state index contributed by atoms with van der Waals surface area (Å²) in [4.78, 5) is 16.1. The van der Waals surface area contributed by atoms with Crippen molar-refractivity contribution in [2.24, 2.45) is 5.16 Å². The Balaban J connectivity index is 2.16. The van der Waals surface area contributed by atoms with E-state index in [9.17, 15) is 4.79 Å². The number of carboxylic acid groups (broad SMARTS) is 1. The molecule has 2 rings (SSSR count). The SMILES string of the molecule is Cc1cc(Cl)cc(/C=N\Oc2ccccc2C(=O)O)c1. The molecule has 2 aromatic rings. The van der Waals surface area contributed by atoms with E-state index < -0.39 is 5.97 Å². The molecule has 0 atom stereocenters. The summed E-state index contributed by atoms with van der Waals surface area (Å²) in [6, 6.07) is 11.8. The minimum atomic E-state index is -1.06. The summed E-state index contributed by atoms with van der Waals surface area (Å²) < 4.78 is 0. The highest BCUT2D eigenvalue weighted by molar-refractivity contribution is 6.30. The molecule has 1 N–H and O–H groups in total. The first-order chi connectivity index (χ1) is 9.56. The van der Waals surface area contributed by atoms with Crippen LogP contribution < -0.4 is 4.84 Å². The fraction of sp³-hybridized carbons (Fsp3) is 0.0667. The molecular weight excluding hydrogens is 278 g/mol. The fourth-order valence-corrected chi connectivity index (χ4v) is 2.00. The van der Waals surface area contributed by atoms with E-state index in [1.165, 1.54) is 12.3 Å². The number of nitrogens with zero attached hydrogens (tertiary/aromatic N) is 1. The van der Waals surface area contributed by atoms with Gasteiger partial charge in [-0.15, -0.1) is 0 Å². The Morgan fingerprint density at radius 2 is 2.05 bits per heavy atom. The molecule has 0 unspecified atom stereocenters. The smallest absolute Gasteiger partial charge is 0.339 e. The molecule has 0 fully saturated rings. The number of oxime groups is 1. The maximum absolute atomic E-state index is 11.0. The Kier molecular flexibility index (Phi) is 4.38.